The Morgan fingerprint density at radius 2 is 1.94 bits per heavy atom. The van der Waals surface area contributed by atoms with Gasteiger partial charge in [-0.2, -0.15) is 0 Å². The van der Waals surface area contributed by atoms with Crippen LogP contribution in [-0.4, -0.2) is 31.2 Å². The number of benzene rings is 1. The van der Waals surface area contributed by atoms with Gasteiger partial charge in [-0.1, -0.05) is 24.3 Å². The van der Waals surface area contributed by atoms with Gasteiger partial charge < -0.3 is 0 Å². The third-order valence-corrected chi connectivity index (χ3v) is 3.58. The smallest absolute Gasteiger partial charge is 0.182 e. The zero-order valence-corrected chi connectivity index (χ0v) is 10.8. The van der Waals surface area contributed by atoms with Crippen LogP contribution in [0.4, 0.5) is 0 Å². The van der Waals surface area contributed by atoms with Gasteiger partial charge >= 0.3 is 0 Å². The predicted octanol–water partition coefficient (Wildman–Crippen LogP) is 1.85. The molecule has 0 N–H and O–H groups in total. The van der Waals surface area contributed by atoms with E-state index in [9.17, 15) is 13.2 Å². The fourth-order valence-electron chi connectivity index (χ4n) is 1.74. The van der Waals surface area contributed by atoms with E-state index in [-0.39, 0.29) is 18.0 Å². The van der Waals surface area contributed by atoms with E-state index in [0.29, 0.717) is 5.69 Å². The van der Waals surface area contributed by atoms with Gasteiger partial charge in [0.1, 0.15) is 15.5 Å². The molecule has 0 bridgehead atoms. The lowest BCUT2D eigenvalue weighted by Crippen LogP contribution is -2.11. The summed E-state index contributed by atoms with van der Waals surface area (Å²) in [6.07, 6.45) is 2.66. The minimum Gasteiger partial charge on any atom is -0.292 e. The van der Waals surface area contributed by atoms with Gasteiger partial charge in [-0.05, 0) is 11.5 Å². The first kappa shape index (κ1) is 12.7. The Balaban J connectivity index is 2.34. The van der Waals surface area contributed by atoms with E-state index in [1.54, 1.807) is 6.20 Å². The molecule has 5 heteroatoms. The molecule has 0 radical (unpaired) electrons. The number of carbonyl (C=O) groups excluding carboxylic acids is 1. The molecular weight excluding hydrogens is 250 g/mol. The fraction of sp³-hybridized carbons (Fsp3) is 0.231. The molecule has 0 amide bonds. The molecule has 0 aliphatic carbocycles. The first-order chi connectivity index (χ1) is 8.47. The van der Waals surface area contributed by atoms with Crippen molar-refractivity contribution in [2.75, 3.05) is 12.0 Å². The molecule has 0 saturated heterocycles. The zero-order chi connectivity index (χ0) is 13.2. The summed E-state index contributed by atoms with van der Waals surface area (Å²) in [5.41, 5.74) is 0.344. The Morgan fingerprint density at radius 1 is 1.22 bits per heavy atom. The molecule has 0 aliphatic heterocycles. The van der Waals surface area contributed by atoms with Crippen LogP contribution >= 0.6 is 0 Å². The van der Waals surface area contributed by atoms with E-state index < -0.39 is 9.84 Å². The Morgan fingerprint density at radius 3 is 2.67 bits per heavy atom. The number of fused-ring (bicyclic) bond motifs is 1. The minimum atomic E-state index is -3.13. The molecule has 0 saturated carbocycles. The van der Waals surface area contributed by atoms with E-state index in [1.165, 1.54) is 0 Å². The molecule has 0 atom stereocenters. The summed E-state index contributed by atoms with van der Waals surface area (Å²) in [6.45, 7) is 0. The maximum absolute atomic E-state index is 12.0. The predicted molar refractivity (Wildman–Crippen MR) is 70.4 cm³/mol. The van der Waals surface area contributed by atoms with Crippen molar-refractivity contribution < 1.29 is 13.2 Å². The molecule has 94 valence electrons. The molecule has 0 aliphatic rings. The molecule has 18 heavy (non-hydrogen) atoms. The summed E-state index contributed by atoms with van der Waals surface area (Å²) >= 11 is 0. The van der Waals surface area contributed by atoms with Gasteiger partial charge in [0.2, 0.25) is 0 Å². The van der Waals surface area contributed by atoms with Gasteiger partial charge in [0.05, 0.1) is 5.75 Å². The maximum atomic E-state index is 12.0. The molecule has 1 heterocycles. The zero-order valence-electron chi connectivity index (χ0n) is 9.96. The van der Waals surface area contributed by atoms with Crippen LogP contribution in [0, 0.1) is 0 Å². The van der Waals surface area contributed by atoms with Crippen LogP contribution in [0.3, 0.4) is 0 Å². The van der Waals surface area contributed by atoms with Crippen LogP contribution < -0.4 is 0 Å². The molecule has 1 aromatic heterocycles. The summed E-state index contributed by atoms with van der Waals surface area (Å²) < 4.78 is 22.1. The number of pyridine rings is 1. The number of Topliss-reactive ketones (excluding diaryl/α,β-unsaturated/α-hetero) is 1. The second kappa shape index (κ2) is 4.86. The second-order valence-corrected chi connectivity index (χ2v) is 6.44. The molecule has 1 aromatic carbocycles. The molecule has 0 fully saturated rings. The number of sulfone groups is 1. The second-order valence-electron chi connectivity index (χ2n) is 4.18. The standard InChI is InChI=1S/C13H13NO3S/c1-18(16,17)9-7-12(15)13-11-5-3-2-4-10(11)6-8-14-13/h2-6,8H,7,9H2,1H3. The summed E-state index contributed by atoms with van der Waals surface area (Å²) in [6, 6.07) is 9.24. The van der Waals surface area contributed by atoms with E-state index >= 15 is 0 Å². The van der Waals surface area contributed by atoms with Gasteiger partial charge in [-0.3, -0.25) is 9.78 Å². The van der Waals surface area contributed by atoms with Gasteiger partial charge in [-0.25, -0.2) is 8.42 Å². The Labute approximate surface area is 106 Å². The fourth-order valence-corrected chi connectivity index (χ4v) is 2.29. The number of rotatable bonds is 4. The molecule has 2 rings (SSSR count). The van der Waals surface area contributed by atoms with Crippen molar-refractivity contribution in [3.8, 4) is 0 Å². The number of nitrogens with zero attached hydrogens (tertiary/aromatic N) is 1. The van der Waals surface area contributed by atoms with Crippen molar-refractivity contribution in [2.45, 2.75) is 6.42 Å². The summed E-state index contributed by atoms with van der Waals surface area (Å²) in [5.74, 6) is -0.381. The molecule has 4 nitrogen and oxygen atoms in total. The van der Waals surface area contributed by atoms with Crippen LogP contribution in [-0.2, 0) is 9.84 Å². The highest BCUT2D eigenvalue weighted by atomic mass is 32.2. The van der Waals surface area contributed by atoms with Gasteiger partial charge in [0.25, 0.3) is 0 Å². The first-order valence-electron chi connectivity index (χ1n) is 5.52. The summed E-state index contributed by atoms with van der Waals surface area (Å²) in [5, 5.41) is 1.69. The Hall–Kier alpha value is -1.75. The van der Waals surface area contributed by atoms with E-state index in [4.69, 9.17) is 0 Å². The highest BCUT2D eigenvalue weighted by Gasteiger charge is 2.14. The van der Waals surface area contributed by atoms with Crippen molar-refractivity contribution in [3.63, 3.8) is 0 Å². The maximum Gasteiger partial charge on any atom is 0.182 e. The Kier molecular flexibility index (Phi) is 3.43. The first-order valence-corrected chi connectivity index (χ1v) is 7.58. The average Bonchev–Trinajstić information content (AvgIpc) is 2.34. The molecule has 2 aromatic rings. The van der Waals surface area contributed by atoms with Crippen LogP contribution in [0.25, 0.3) is 10.8 Å². The number of hydrogen-bond acceptors (Lipinski definition) is 4. The lowest BCUT2D eigenvalue weighted by atomic mass is 10.1. The molecule has 0 spiro atoms. The quantitative estimate of drug-likeness (QED) is 0.790. The van der Waals surface area contributed by atoms with Crippen molar-refractivity contribution >= 4 is 26.4 Å². The number of carbonyl (C=O) groups is 1. The summed E-state index contributed by atoms with van der Waals surface area (Å²) in [7, 11) is -3.13. The van der Waals surface area contributed by atoms with Gasteiger partial charge in [0, 0.05) is 24.3 Å². The van der Waals surface area contributed by atoms with Crippen LogP contribution in [0.5, 0.6) is 0 Å². The topological polar surface area (TPSA) is 64.1 Å². The van der Waals surface area contributed by atoms with Gasteiger partial charge in [0.15, 0.2) is 5.78 Å². The average molecular weight is 263 g/mol. The number of hydrogen-bond donors (Lipinski definition) is 0. The van der Waals surface area contributed by atoms with Crippen LogP contribution in [0.15, 0.2) is 36.5 Å². The van der Waals surface area contributed by atoms with Crippen molar-refractivity contribution in [3.05, 3.63) is 42.2 Å². The number of ketones is 1. The van der Waals surface area contributed by atoms with Crippen molar-refractivity contribution in [1.29, 1.82) is 0 Å². The molecular formula is C13H13NO3S. The van der Waals surface area contributed by atoms with Crippen molar-refractivity contribution in [2.24, 2.45) is 0 Å². The third kappa shape index (κ3) is 2.92. The van der Waals surface area contributed by atoms with Crippen LogP contribution in [0.1, 0.15) is 16.9 Å². The highest BCUT2D eigenvalue weighted by molar-refractivity contribution is 7.90. The van der Waals surface area contributed by atoms with E-state index in [2.05, 4.69) is 4.98 Å². The van der Waals surface area contributed by atoms with Crippen LogP contribution in [0.2, 0.25) is 0 Å². The van der Waals surface area contributed by atoms with Crippen molar-refractivity contribution in [1.82, 2.24) is 4.98 Å². The Bertz CT molecular complexity index is 687. The highest BCUT2D eigenvalue weighted by Crippen LogP contribution is 2.17. The lowest BCUT2D eigenvalue weighted by molar-refractivity contribution is 0.0986. The van der Waals surface area contributed by atoms with E-state index in [1.807, 2.05) is 30.3 Å². The van der Waals surface area contributed by atoms with Gasteiger partial charge in [-0.15, -0.1) is 0 Å². The number of aromatic nitrogens is 1. The third-order valence-electron chi connectivity index (χ3n) is 2.64. The lowest BCUT2D eigenvalue weighted by Gasteiger charge is -2.04. The monoisotopic (exact) mass is 263 g/mol. The largest absolute Gasteiger partial charge is 0.292 e. The normalized spacial score (nSPS) is 11.6. The van der Waals surface area contributed by atoms with E-state index in [0.717, 1.165) is 17.0 Å². The minimum absolute atomic E-state index is 0.0279. The summed E-state index contributed by atoms with van der Waals surface area (Å²) in [4.78, 5) is 16.0. The SMILES string of the molecule is CS(=O)(=O)CCC(=O)c1nccc2ccccc12. The molecule has 0 unspecified atom stereocenters.